The van der Waals surface area contributed by atoms with Gasteiger partial charge < -0.3 is 10.3 Å². The Kier molecular flexibility index (Phi) is 2.93. The van der Waals surface area contributed by atoms with Gasteiger partial charge in [0.15, 0.2) is 0 Å². The fourth-order valence-electron chi connectivity index (χ4n) is 1.19. The number of nitrogens with zero attached hydrogens (tertiary/aromatic N) is 3. The van der Waals surface area contributed by atoms with E-state index in [1.165, 1.54) is 17.7 Å². The fraction of sp³-hybridized carbons (Fsp3) is 0.375. The topological polar surface area (TPSA) is 75.6 Å². The van der Waals surface area contributed by atoms with Crippen LogP contribution in [0.15, 0.2) is 16.5 Å². The second-order valence-electron chi connectivity index (χ2n) is 3.08. The minimum Gasteiger partial charge on any atom is -0.315 e. The van der Waals surface area contributed by atoms with Gasteiger partial charge in [0.05, 0.1) is 6.54 Å². The molecule has 0 fully saturated rings. The van der Waals surface area contributed by atoms with Gasteiger partial charge in [-0.3, -0.25) is 9.48 Å². The minimum atomic E-state index is -0.0227. The monoisotopic (exact) mass is 225 g/mol. The molecular weight excluding hydrogens is 214 g/mol. The SMILES string of the molecule is Cn1ncnc1CNCc1csc(=O)[nH]1. The first-order valence-electron chi connectivity index (χ1n) is 4.46. The molecule has 80 valence electrons. The van der Waals surface area contributed by atoms with Crippen molar-refractivity contribution in [2.45, 2.75) is 13.1 Å². The van der Waals surface area contributed by atoms with E-state index in [1.54, 1.807) is 4.68 Å². The van der Waals surface area contributed by atoms with E-state index in [4.69, 9.17) is 0 Å². The van der Waals surface area contributed by atoms with E-state index in [0.717, 1.165) is 11.5 Å². The molecule has 0 aliphatic carbocycles. The molecule has 0 unspecified atom stereocenters. The molecule has 0 aliphatic heterocycles. The van der Waals surface area contributed by atoms with Crippen LogP contribution in [0.2, 0.25) is 0 Å². The van der Waals surface area contributed by atoms with Gasteiger partial charge in [-0.15, -0.1) is 0 Å². The summed E-state index contributed by atoms with van der Waals surface area (Å²) in [6.07, 6.45) is 1.52. The molecule has 2 heterocycles. The van der Waals surface area contributed by atoms with Crippen LogP contribution >= 0.6 is 11.3 Å². The predicted octanol–water partition coefficient (Wildman–Crippen LogP) is -0.145. The molecule has 0 aliphatic rings. The molecule has 0 atom stereocenters. The van der Waals surface area contributed by atoms with Crippen LogP contribution in [0.5, 0.6) is 0 Å². The third kappa shape index (κ3) is 2.51. The molecule has 6 nitrogen and oxygen atoms in total. The Morgan fingerprint density at radius 3 is 3.07 bits per heavy atom. The van der Waals surface area contributed by atoms with E-state index < -0.39 is 0 Å². The molecule has 0 aromatic carbocycles. The Morgan fingerprint density at radius 1 is 1.60 bits per heavy atom. The van der Waals surface area contributed by atoms with Crippen molar-refractivity contribution >= 4 is 11.3 Å². The van der Waals surface area contributed by atoms with Crippen LogP contribution in [-0.4, -0.2) is 19.7 Å². The fourth-order valence-corrected chi connectivity index (χ4v) is 1.77. The lowest BCUT2D eigenvalue weighted by Gasteiger charge is -2.01. The maximum absolute atomic E-state index is 10.8. The van der Waals surface area contributed by atoms with Gasteiger partial charge in [-0.1, -0.05) is 11.3 Å². The van der Waals surface area contributed by atoms with Gasteiger partial charge in [0.1, 0.15) is 12.2 Å². The zero-order chi connectivity index (χ0) is 10.7. The van der Waals surface area contributed by atoms with E-state index in [9.17, 15) is 4.79 Å². The Bertz CT molecular complexity index is 485. The molecule has 0 amide bonds. The average molecular weight is 225 g/mol. The number of thiazole rings is 1. The van der Waals surface area contributed by atoms with Crippen molar-refractivity contribution in [3.63, 3.8) is 0 Å². The lowest BCUT2D eigenvalue weighted by Crippen LogP contribution is -2.16. The number of hydrogen-bond acceptors (Lipinski definition) is 5. The highest BCUT2D eigenvalue weighted by Crippen LogP contribution is 1.96. The van der Waals surface area contributed by atoms with Crippen LogP contribution in [0, 0.1) is 0 Å². The molecule has 0 bridgehead atoms. The number of H-pyrrole nitrogens is 1. The summed E-state index contributed by atoms with van der Waals surface area (Å²) >= 11 is 1.17. The van der Waals surface area contributed by atoms with Crippen LogP contribution in [0.1, 0.15) is 11.5 Å². The zero-order valence-corrected chi connectivity index (χ0v) is 9.04. The van der Waals surface area contributed by atoms with Crippen molar-refractivity contribution in [3.8, 4) is 0 Å². The van der Waals surface area contributed by atoms with E-state index in [-0.39, 0.29) is 4.87 Å². The minimum absolute atomic E-state index is 0.0227. The zero-order valence-electron chi connectivity index (χ0n) is 8.23. The molecule has 2 aromatic heterocycles. The van der Waals surface area contributed by atoms with E-state index in [1.807, 2.05) is 12.4 Å². The Hall–Kier alpha value is -1.47. The summed E-state index contributed by atoms with van der Waals surface area (Å²) in [5.74, 6) is 0.868. The normalized spacial score (nSPS) is 10.7. The lowest BCUT2D eigenvalue weighted by molar-refractivity contribution is 0.609. The van der Waals surface area contributed by atoms with E-state index in [2.05, 4.69) is 20.4 Å². The Morgan fingerprint density at radius 2 is 2.47 bits per heavy atom. The van der Waals surface area contributed by atoms with Gasteiger partial charge in [-0.05, 0) is 0 Å². The maximum Gasteiger partial charge on any atom is 0.304 e. The Labute approximate surface area is 90.0 Å². The third-order valence-electron chi connectivity index (χ3n) is 1.97. The number of aryl methyl sites for hydroxylation is 1. The molecule has 0 spiro atoms. The molecule has 2 rings (SSSR count). The lowest BCUT2D eigenvalue weighted by atomic mass is 10.4. The van der Waals surface area contributed by atoms with Gasteiger partial charge in [-0.25, -0.2) is 4.98 Å². The maximum atomic E-state index is 10.8. The van der Waals surface area contributed by atoms with Gasteiger partial charge in [0, 0.05) is 24.7 Å². The van der Waals surface area contributed by atoms with Crippen molar-refractivity contribution in [1.82, 2.24) is 25.1 Å². The molecular formula is C8H11N5OS. The number of hydrogen-bond donors (Lipinski definition) is 2. The van der Waals surface area contributed by atoms with Crippen LogP contribution in [-0.2, 0) is 20.1 Å². The summed E-state index contributed by atoms with van der Waals surface area (Å²) in [5, 5.41) is 8.94. The standard InChI is InChI=1S/C8H11N5OS/c1-13-7(10-5-11-13)3-9-2-6-4-15-8(14)12-6/h4-5,9H,2-3H2,1H3,(H,12,14). The third-order valence-corrected chi connectivity index (χ3v) is 2.69. The second kappa shape index (κ2) is 4.37. The van der Waals surface area contributed by atoms with Crippen molar-refractivity contribution in [2.75, 3.05) is 0 Å². The molecule has 0 radical (unpaired) electrons. The van der Waals surface area contributed by atoms with Gasteiger partial charge in [0.2, 0.25) is 0 Å². The first kappa shape index (κ1) is 10.1. The first-order valence-corrected chi connectivity index (χ1v) is 5.34. The van der Waals surface area contributed by atoms with Crippen molar-refractivity contribution in [3.05, 3.63) is 32.9 Å². The number of nitrogens with one attached hydrogen (secondary N) is 2. The number of rotatable bonds is 4. The predicted molar refractivity (Wildman–Crippen MR) is 56.5 cm³/mol. The largest absolute Gasteiger partial charge is 0.315 e. The first-order chi connectivity index (χ1) is 7.25. The van der Waals surface area contributed by atoms with Crippen molar-refractivity contribution in [2.24, 2.45) is 7.05 Å². The summed E-state index contributed by atoms with van der Waals surface area (Å²) in [4.78, 5) is 17.6. The van der Waals surface area contributed by atoms with Gasteiger partial charge >= 0.3 is 4.87 Å². The summed E-state index contributed by atoms with van der Waals surface area (Å²) in [7, 11) is 1.84. The highest BCUT2D eigenvalue weighted by Gasteiger charge is 2.00. The summed E-state index contributed by atoms with van der Waals surface area (Å²) in [6.45, 7) is 1.26. The van der Waals surface area contributed by atoms with Crippen LogP contribution in [0.25, 0.3) is 0 Å². The highest BCUT2D eigenvalue weighted by molar-refractivity contribution is 7.07. The molecule has 0 saturated heterocycles. The quantitative estimate of drug-likeness (QED) is 0.759. The van der Waals surface area contributed by atoms with Crippen LogP contribution in [0.3, 0.4) is 0 Å². The Balaban J connectivity index is 1.85. The second-order valence-corrected chi connectivity index (χ2v) is 3.92. The summed E-state index contributed by atoms with van der Waals surface area (Å²) < 4.78 is 1.71. The van der Waals surface area contributed by atoms with Crippen LogP contribution in [0.4, 0.5) is 0 Å². The van der Waals surface area contributed by atoms with Crippen LogP contribution < -0.4 is 10.2 Å². The average Bonchev–Trinajstić information content (AvgIpc) is 2.77. The van der Waals surface area contributed by atoms with E-state index >= 15 is 0 Å². The smallest absolute Gasteiger partial charge is 0.304 e. The molecule has 15 heavy (non-hydrogen) atoms. The van der Waals surface area contributed by atoms with Crippen molar-refractivity contribution in [1.29, 1.82) is 0 Å². The molecule has 2 aromatic rings. The molecule has 7 heteroatoms. The highest BCUT2D eigenvalue weighted by atomic mass is 32.1. The number of aromatic nitrogens is 4. The van der Waals surface area contributed by atoms with Gasteiger partial charge in [-0.2, -0.15) is 5.10 Å². The summed E-state index contributed by atoms with van der Waals surface area (Å²) in [5.41, 5.74) is 0.896. The van der Waals surface area contributed by atoms with E-state index in [0.29, 0.717) is 13.1 Å². The number of aromatic amines is 1. The van der Waals surface area contributed by atoms with Gasteiger partial charge in [0.25, 0.3) is 0 Å². The van der Waals surface area contributed by atoms with Crippen molar-refractivity contribution < 1.29 is 0 Å². The molecule has 0 saturated carbocycles. The summed E-state index contributed by atoms with van der Waals surface area (Å²) in [6, 6.07) is 0. The molecule has 2 N–H and O–H groups in total.